The molecule has 0 fully saturated rings. The molecule has 0 saturated carbocycles. The normalized spacial score (nSPS) is 11.6. The summed E-state index contributed by atoms with van der Waals surface area (Å²) in [5, 5.41) is 6.88. The number of benzene rings is 2. The maximum absolute atomic E-state index is 12.7. The first kappa shape index (κ1) is 22.8. The van der Waals surface area contributed by atoms with Crippen molar-refractivity contribution in [2.45, 2.75) is 32.7 Å². The Morgan fingerprint density at radius 1 is 1.10 bits per heavy atom. The van der Waals surface area contributed by atoms with Crippen molar-refractivity contribution in [3.63, 3.8) is 0 Å². The number of aryl methyl sites for hydroxylation is 2. The third kappa shape index (κ3) is 6.09. The number of ether oxygens (including phenoxy) is 1. The van der Waals surface area contributed by atoms with E-state index >= 15 is 0 Å². The van der Waals surface area contributed by atoms with Crippen molar-refractivity contribution in [3.8, 4) is 5.75 Å². The number of carbonyl (C=O) groups excluding carboxylic acids is 2. The molecule has 0 radical (unpaired) electrons. The summed E-state index contributed by atoms with van der Waals surface area (Å²) in [7, 11) is 1.65. The van der Waals surface area contributed by atoms with Gasteiger partial charge in [-0.25, -0.2) is 0 Å². The first-order valence-electron chi connectivity index (χ1n) is 9.97. The fraction of sp³-hybridized carbons (Fsp3) is 0.250. The number of anilines is 1. The van der Waals surface area contributed by atoms with Crippen LogP contribution in [0.15, 0.2) is 54.6 Å². The average Bonchev–Trinajstić information content (AvgIpc) is 3.12. The Kier molecular flexibility index (Phi) is 7.71. The lowest BCUT2D eigenvalue weighted by atomic mass is 10.1. The molecule has 1 heterocycles. The second kappa shape index (κ2) is 10.5. The largest absolute Gasteiger partial charge is 0.497 e. The Hall–Kier alpha value is -2.83. The van der Waals surface area contributed by atoms with Crippen LogP contribution < -0.4 is 15.4 Å². The lowest BCUT2D eigenvalue weighted by Gasteiger charge is -2.14. The third-order valence-corrected chi connectivity index (χ3v) is 6.36. The Morgan fingerprint density at radius 3 is 2.48 bits per heavy atom. The van der Waals surface area contributed by atoms with Crippen LogP contribution in [0.1, 0.15) is 44.5 Å². The first-order valence-corrected chi connectivity index (χ1v) is 11.2. The summed E-state index contributed by atoms with van der Waals surface area (Å²) < 4.78 is 5.18. The quantitative estimate of drug-likeness (QED) is 0.455. The molecule has 7 heteroatoms. The molecule has 31 heavy (non-hydrogen) atoms. The van der Waals surface area contributed by atoms with E-state index in [1.54, 1.807) is 37.4 Å². The molecule has 1 atom stereocenters. The predicted octanol–water partition coefficient (Wildman–Crippen LogP) is 5.72. The van der Waals surface area contributed by atoms with E-state index in [-0.39, 0.29) is 17.9 Å². The highest BCUT2D eigenvalue weighted by atomic mass is 35.5. The molecule has 0 aliphatic rings. The zero-order valence-electron chi connectivity index (χ0n) is 17.7. The lowest BCUT2D eigenvalue weighted by Crippen LogP contribution is -2.32. The maximum atomic E-state index is 12.7. The van der Waals surface area contributed by atoms with Gasteiger partial charge in [0.05, 0.1) is 27.6 Å². The maximum Gasteiger partial charge on any atom is 0.261 e. The van der Waals surface area contributed by atoms with Crippen LogP contribution in [0.25, 0.3) is 0 Å². The van der Waals surface area contributed by atoms with Gasteiger partial charge in [0.1, 0.15) is 5.75 Å². The lowest BCUT2D eigenvalue weighted by molar-refractivity contribution is 0.0941. The van der Waals surface area contributed by atoms with Crippen molar-refractivity contribution in [2.24, 2.45) is 0 Å². The van der Waals surface area contributed by atoms with E-state index in [0.29, 0.717) is 20.5 Å². The summed E-state index contributed by atoms with van der Waals surface area (Å²) in [4.78, 5) is 25.8. The molecule has 5 nitrogen and oxygen atoms in total. The fourth-order valence-corrected chi connectivity index (χ4v) is 4.32. The molecule has 1 aromatic heterocycles. The number of rotatable bonds is 8. The minimum atomic E-state index is -0.299. The highest BCUT2D eigenvalue weighted by molar-refractivity contribution is 7.18. The molecule has 2 aromatic carbocycles. The predicted molar refractivity (Wildman–Crippen MR) is 127 cm³/mol. The molecule has 0 aliphatic heterocycles. The zero-order valence-corrected chi connectivity index (χ0v) is 19.3. The number of amides is 2. The van der Waals surface area contributed by atoms with E-state index in [4.69, 9.17) is 16.3 Å². The molecule has 2 N–H and O–H groups in total. The van der Waals surface area contributed by atoms with Gasteiger partial charge < -0.3 is 15.4 Å². The number of nitrogens with one attached hydrogen (secondary N) is 2. The van der Waals surface area contributed by atoms with Crippen molar-refractivity contribution >= 4 is 39.8 Å². The van der Waals surface area contributed by atoms with Crippen molar-refractivity contribution in [1.82, 2.24) is 5.32 Å². The molecule has 162 valence electrons. The molecule has 2 amide bonds. The molecule has 3 aromatic rings. The highest BCUT2D eigenvalue weighted by Gasteiger charge is 2.18. The number of hydrogen-bond acceptors (Lipinski definition) is 4. The smallest absolute Gasteiger partial charge is 0.261 e. The van der Waals surface area contributed by atoms with Gasteiger partial charge in [-0.1, -0.05) is 35.9 Å². The van der Waals surface area contributed by atoms with Gasteiger partial charge in [-0.2, -0.15) is 0 Å². The van der Waals surface area contributed by atoms with Crippen LogP contribution >= 0.6 is 22.9 Å². The minimum absolute atomic E-state index is 0.0114. The van der Waals surface area contributed by atoms with Gasteiger partial charge in [-0.05, 0) is 68.1 Å². The second-order valence-corrected chi connectivity index (χ2v) is 8.78. The molecular formula is C24H25ClN2O3S. The van der Waals surface area contributed by atoms with Gasteiger partial charge in [0, 0.05) is 6.04 Å². The zero-order chi connectivity index (χ0) is 22.4. The number of carbonyl (C=O) groups is 2. The van der Waals surface area contributed by atoms with Crippen LogP contribution in [0.4, 0.5) is 5.00 Å². The van der Waals surface area contributed by atoms with E-state index in [2.05, 4.69) is 10.6 Å². The third-order valence-electron chi connectivity index (χ3n) is 4.88. The number of thiophene rings is 1. The number of halogens is 1. The van der Waals surface area contributed by atoms with E-state index in [9.17, 15) is 9.59 Å². The molecule has 0 aliphatic carbocycles. The van der Waals surface area contributed by atoms with Gasteiger partial charge in [-0.3, -0.25) is 9.59 Å². The van der Waals surface area contributed by atoms with Crippen LogP contribution in [-0.4, -0.2) is 25.0 Å². The van der Waals surface area contributed by atoms with Crippen LogP contribution in [0.2, 0.25) is 5.02 Å². The average molecular weight is 457 g/mol. The standard InChI is InChI=1S/C24H25ClN2O3S/c1-15-14-21(27-23(28)19-6-4-5-7-20(19)25)31-22(15)24(29)26-16(2)8-9-17-10-12-18(30-3)13-11-17/h4-7,10-14,16H,8-9H2,1-3H3,(H,26,29)(H,27,28). The van der Waals surface area contributed by atoms with Crippen molar-refractivity contribution in [2.75, 3.05) is 12.4 Å². The summed E-state index contributed by atoms with van der Waals surface area (Å²) >= 11 is 7.35. The van der Waals surface area contributed by atoms with Gasteiger partial charge in [0.25, 0.3) is 11.8 Å². The SMILES string of the molecule is COc1ccc(CCC(C)NC(=O)c2sc(NC(=O)c3ccccc3Cl)cc2C)cc1. The Bertz CT molecular complexity index is 1060. The molecular weight excluding hydrogens is 432 g/mol. The summed E-state index contributed by atoms with van der Waals surface area (Å²) in [6.07, 6.45) is 1.67. The van der Waals surface area contributed by atoms with Crippen LogP contribution in [0, 0.1) is 6.92 Å². The summed E-state index contributed by atoms with van der Waals surface area (Å²) in [6.45, 7) is 3.85. The van der Waals surface area contributed by atoms with Crippen molar-refractivity contribution in [1.29, 1.82) is 0 Å². The Morgan fingerprint density at radius 2 is 1.81 bits per heavy atom. The Balaban J connectivity index is 1.57. The molecule has 0 bridgehead atoms. The highest BCUT2D eigenvalue weighted by Crippen LogP contribution is 2.28. The minimum Gasteiger partial charge on any atom is -0.497 e. The van der Waals surface area contributed by atoms with Crippen molar-refractivity contribution < 1.29 is 14.3 Å². The Labute approximate surface area is 191 Å². The van der Waals surface area contributed by atoms with E-state index < -0.39 is 0 Å². The van der Waals surface area contributed by atoms with Crippen LogP contribution in [-0.2, 0) is 6.42 Å². The summed E-state index contributed by atoms with van der Waals surface area (Å²) in [6, 6.07) is 16.6. The number of methoxy groups -OCH3 is 1. The van der Waals surface area contributed by atoms with Gasteiger partial charge in [-0.15, -0.1) is 11.3 Å². The monoisotopic (exact) mass is 456 g/mol. The molecule has 0 saturated heterocycles. The molecule has 0 spiro atoms. The second-order valence-electron chi connectivity index (χ2n) is 7.32. The first-order chi connectivity index (χ1) is 14.9. The summed E-state index contributed by atoms with van der Waals surface area (Å²) in [5.74, 6) is 0.394. The number of hydrogen-bond donors (Lipinski definition) is 2. The van der Waals surface area contributed by atoms with Gasteiger partial charge in [0.2, 0.25) is 0 Å². The summed E-state index contributed by atoms with van der Waals surface area (Å²) in [5.41, 5.74) is 2.41. The van der Waals surface area contributed by atoms with Crippen LogP contribution in [0.5, 0.6) is 5.75 Å². The fourth-order valence-electron chi connectivity index (χ4n) is 3.13. The van der Waals surface area contributed by atoms with E-state index in [0.717, 1.165) is 24.2 Å². The molecule has 1 unspecified atom stereocenters. The van der Waals surface area contributed by atoms with E-state index in [1.165, 1.54) is 16.9 Å². The topological polar surface area (TPSA) is 67.4 Å². The van der Waals surface area contributed by atoms with E-state index in [1.807, 2.05) is 38.1 Å². The van der Waals surface area contributed by atoms with Gasteiger partial charge >= 0.3 is 0 Å². The van der Waals surface area contributed by atoms with Crippen molar-refractivity contribution in [3.05, 3.63) is 81.2 Å². The van der Waals surface area contributed by atoms with Gasteiger partial charge in [0.15, 0.2) is 0 Å². The van der Waals surface area contributed by atoms with Crippen LogP contribution in [0.3, 0.4) is 0 Å². The molecule has 3 rings (SSSR count).